The molecule has 0 radical (unpaired) electrons. The predicted octanol–water partition coefficient (Wildman–Crippen LogP) is 3.68. The Bertz CT molecular complexity index is 1650. The molecule has 1 saturated heterocycles. The molecule has 2 heterocycles. The summed E-state index contributed by atoms with van der Waals surface area (Å²) < 4.78 is 0. The Kier molecular flexibility index (Phi) is 10.2. The number of fused-ring (bicyclic) bond motifs is 1. The van der Waals surface area contributed by atoms with Gasteiger partial charge in [0.1, 0.15) is 5.75 Å². The van der Waals surface area contributed by atoms with Crippen LogP contribution in [0.3, 0.4) is 0 Å². The van der Waals surface area contributed by atoms with Gasteiger partial charge in [0.15, 0.2) is 0 Å². The van der Waals surface area contributed by atoms with E-state index in [2.05, 4.69) is 4.98 Å². The fraction of sp³-hybridized carbons (Fsp3) is 0.361. The fourth-order valence-corrected chi connectivity index (χ4v) is 7.13. The lowest BCUT2D eigenvalue weighted by Crippen LogP contribution is -2.39. The summed E-state index contributed by atoms with van der Waals surface area (Å²) >= 11 is 0. The molecule has 240 valence electrons. The van der Waals surface area contributed by atoms with Gasteiger partial charge in [-0.2, -0.15) is 0 Å². The number of imide groups is 1. The zero-order chi connectivity index (χ0) is 33.1. The average molecular weight is 625 g/mol. The lowest BCUT2D eigenvalue weighted by atomic mass is 9.67. The molecule has 9 nitrogen and oxygen atoms in total. The van der Waals surface area contributed by atoms with Gasteiger partial charge in [-0.3, -0.25) is 19.5 Å². The average Bonchev–Trinajstić information content (AvgIpc) is 3.30. The first-order chi connectivity index (χ1) is 22.0. The molecule has 0 bridgehead atoms. The molecule has 46 heavy (non-hydrogen) atoms. The number of carbonyl (C=O) groups excluding carboxylic acids is 2. The molecule has 2 aromatic carbocycles. The van der Waals surface area contributed by atoms with Crippen LogP contribution in [-0.4, -0.2) is 62.0 Å². The number of allylic oxidation sites excluding steroid dienone is 2. The number of pyridine rings is 1. The molecule has 10 heteroatoms. The second-order valence-corrected chi connectivity index (χ2v) is 12.4. The van der Waals surface area contributed by atoms with Gasteiger partial charge < -0.3 is 25.4 Å². The molecule has 0 spiro atoms. The van der Waals surface area contributed by atoms with E-state index in [0.717, 1.165) is 44.9 Å². The first-order valence-corrected chi connectivity index (χ1v) is 15.8. The second-order valence-electron chi connectivity index (χ2n) is 12.4. The summed E-state index contributed by atoms with van der Waals surface area (Å²) in [6.45, 7) is 5.30. The molecule has 1 aliphatic heterocycles. The maximum absolute atomic E-state index is 13.9. The monoisotopic (exact) mass is 624 g/mol. The number of benzene rings is 2. The number of hydrogen-bond acceptors (Lipinski definition) is 8. The molecule has 3 aromatic rings. The molecule has 1 fully saturated rings. The third-order valence-electron chi connectivity index (χ3n) is 9.25. The summed E-state index contributed by atoms with van der Waals surface area (Å²) in [5, 5.41) is 52.1. The standard InChI is InChI=1S/C36H41BN2O7/c1-4-8-25-18-28-33(36(44)39(35(28)43)27-10-7-9-26(19-27)37(45)46)29(20-40)32(25)31(41)13-12-24(30-11-5-6-14-38-30)17-23-15-21(2)34(42)22(3)16-23/h5-7,9-11,14-17,19,28-29,31,33,40-42,45-46H,4,8,12-13,18,20H2,1-3H3/b24-17-/t28-,29+,31-,33-/m1/s1. The molecular formula is C36H41BN2O7. The van der Waals surface area contributed by atoms with Crippen LogP contribution in [0.2, 0.25) is 0 Å². The van der Waals surface area contributed by atoms with Crippen molar-refractivity contribution < 1.29 is 35.0 Å². The van der Waals surface area contributed by atoms with E-state index >= 15 is 0 Å². The topological polar surface area (TPSA) is 151 Å². The summed E-state index contributed by atoms with van der Waals surface area (Å²) in [6.07, 6.45) is 5.18. The van der Waals surface area contributed by atoms with Crippen LogP contribution in [0.1, 0.15) is 61.4 Å². The van der Waals surface area contributed by atoms with Gasteiger partial charge in [-0.05, 0) is 115 Å². The van der Waals surface area contributed by atoms with E-state index in [9.17, 15) is 35.0 Å². The SMILES string of the molecule is CCCC1=C([C@H](O)CC/C(=C/c2cc(C)c(O)c(C)c2)c2ccccn2)[C@H](CO)[C@@H]2C(=O)N(c3cccc(B(O)O)c3)C(=O)[C@@H]2C1. The number of rotatable bonds is 11. The van der Waals surface area contributed by atoms with E-state index in [0.29, 0.717) is 31.3 Å². The molecule has 0 unspecified atom stereocenters. The van der Waals surface area contributed by atoms with Crippen LogP contribution >= 0.6 is 0 Å². The van der Waals surface area contributed by atoms with Crippen LogP contribution in [-0.2, 0) is 9.59 Å². The third kappa shape index (κ3) is 6.57. The number of aliphatic hydroxyl groups excluding tert-OH is 2. The lowest BCUT2D eigenvalue weighted by Gasteiger charge is -2.36. The van der Waals surface area contributed by atoms with Gasteiger partial charge in [-0.15, -0.1) is 0 Å². The van der Waals surface area contributed by atoms with Crippen molar-refractivity contribution in [2.75, 3.05) is 11.5 Å². The minimum absolute atomic E-state index is 0.155. The van der Waals surface area contributed by atoms with Gasteiger partial charge in [-0.25, -0.2) is 0 Å². The maximum atomic E-state index is 13.9. The number of nitrogens with zero attached hydrogens (tertiary/aromatic N) is 2. The van der Waals surface area contributed by atoms with Crippen LogP contribution < -0.4 is 10.4 Å². The van der Waals surface area contributed by atoms with Crippen LogP contribution in [0, 0.1) is 31.6 Å². The van der Waals surface area contributed by atoms with Gasteiger partial charge in [0.2, 0.25) is 11.8 Å². The number of aryl methyl sites for hydroxylation is 2. The lowest BCUT2D eigenvalue weighted by molar-refractivity contribution is -0.123. The van der Waals surface area contributed by atoms with E-state index in [1.807, 2.05) is 57.2 Å². The highest BCUT2D eigenvalue weighted by atomic mass is 16.4. The minimum Gasteiger partial charge on any atom is -0.507 e. The number of aromatic hydroxyl groups is 1. The van der Waals surface area contributed by atoms with E-state index in [1.54, 1.807) is 18.3 Å². The van der Waals surface area contributed by atoms with Crippen molar-refractivity contribution in [2.45, 2.75) is 59.0 Å². The highest BCUT2D eigenvalue weighted by Gasteiger charge is 2.55. The van der Waals surface area contributed by atoms with Gasteiger partial charge >= 0.3 is 7.12 Å². The van der Waals surface area contributed by atoms with Gasteiger partial charge in [-0.1, -0.05) is 37.1 Å². The Morgan fingerprint density at radius 2 is 1.80 bits per heavy atom. The first kappa shape index (κ1) is 33.3. The van der Waals surface area contributed by atoms with Crippen molar-refractivity contribution in [2.24, 2.45) is 17.8 Å². The van der Waals surface area contributed by atoms with Gasteiger partial charge in [0.25, 0.3) is 0 Å². The number of aliphatic hydroxyl groups is 2. The quantitative estimate of drug-likeness (QED) is 0.123. The number of amides is 2. The Morgan fingerprint density at radius 3 is 2.43 bits per heavy atom. The van der Waals surface area contributed by atoms with E-state index in [-0.39, 0.29) is 22.8 Å². The van der Waals surface area contributed by atoms with E-state index < -0.39 is 43.5 Å². The molecule has 1 aliphatic carbocycles. The molecule has 4 atom stereocenters. The van der Waals surface area contributed by atoms with Crippen LogP contribution in [0.4, 0.5) is 5.69 Å². The van der Waals surface area contributed by atoms with Crippen molar-refractivity contribution >= 4 is 41.7 Å². The Balaban J connectivity index is 1.46. The Hall–Kier alpha value is -4.09. The molecule has 5 N–H and O–H groups in total. The van der Waals surface area contributed by atoms with Crippen LogP contribution in [0.15, 0.2) is 71.9 Å². The van der Waals surface area contributed by atoms with Crippen molar-refractivity contribution in [1.82, 2.24) is 4.98 Å². The number of hydrogen-bond donors (Lipinski definition) is 5. The predicted molar refractivity (Wildman–Crippen MR) is 178 cm³/mol. The number of phenolic OH excluding ortho intramolecular Hbond substituents is 1. The summed E-state index contributed by atoms with van der Waals surface area (Å²) in [4.78, 5) is 33.3. The molecular weight excluding hydrogens is 583 g/mol. The normalized spacial score (nSPS) is 20.7. The largest absolute Gasteiger partial charge is 0.507 e. The molecule has 2 aliphatic rings. The highest BCUT2D eigenvalue weighted by Crippen LogP contribution is 2.48. The van der Waals surface area contributed by atoms with E-state index in [4.69, 9.17) is 0 Å². The van der Waals surface area contributed by atoms with Crippen molar-refractivity contribution in [3.8, 4) is 5.75 Å². The van der Waals surface area contributed by atoms with Crippen molar-refractivity contribution in [3.63, 3.8) is 0 Å². The second kappa shape index (κ2) is 14.1. The van der Waals surface area contributed by atoms with Gasteiger partial charge in [0, 0.05) is 12.1 Å². The maximum Gasteiger partial charge on any atom is 0.488 e. The summed E-state index contributed by atoms with van der Waals surface area (Å²) in [6, 6.07) is 15.5. The zero-order valence-corrected chi connectivity index (χ0v) is 26.4. The number of phenols is 1. The summed E-state index contributed by atoms with van der Waals surface area (Å²) in [5.41, 5.74) is 5.98. The number of anilines is 1. The van der Waals surface area contributed by atoms with Crippen molar-refractivity contribution in [3.05, 3.63) is 94.3 Å². The first-order valence-electron chi connectivity index (χ1n) is 15.8. The minimum atomic E-state index is -1.76. The van der Waals surface area contributed by atoms with E-state index in [1.165, 1.54) is 12.1 Å². The Labute approximate surface area is 269 Å². The smallest absolute Gasteiger partial charge is 0.488 e. The molecule has 5 rings (SSSR count). The molecule has 2 amide bonds. The number of aromatic nitrogens is 1. The van der Waals surface area contributed by atoms with Crippen molar-refractivity contribution in [1.29, 1.82) is 0 Å². The Morgan fingerprint density at radius 1 is 1.07 bits per heavy atom. The fourth-order valence-electron chi connectivity index (χ4n) is 7.13. The summed E-state index contributed by atoms with van der Waals surface area (Å²) in [7, 11) is -1.76. The van der Waals surface area contributed by atoms with Crippen LogP contribution in [0.25, 0.3) is 11.6 Å². The van der Waals surface area contributed by atoms with Gasteiger partial charge in [0.05, 0.1) is 35.9 Å². The van der Waals surface area contributed by atoms with Crippen LogP contribution in [0.5, 0.6) is 5.75 Å². The summed E-state index contributed by atoms with van der Waals surface area (Å²) in [5.74, 6) is -2.88. The third-order valence-corrected chi connectivity index (χ3v) is 9.25. The molecule has 1 aromatic heterocycles. The zero-order valence-electron chi connectivity index (χ0n) is 26.4. The molecule has 0 saturated carbocycles. The highest BCUT2D eigenvalue weighted by molar-refractivity contribution is 6.58. The number of carbonyl (C=O) groups is 2.